The van der Waals surface area contributed by atoms with Crippen LogP contribution in [0.1, 0.15) is 27.5 Å². The van der Waals surface area contributed by atoms with Crippen LogP contribution in [0.3, 0.4) is 0 Å². The summed E-state index contributed by atoms with van der Waals surface area (Å²) in [6.07, 6.45) is 3.71. The van der Waals surface area contributed by atoms with E-state index >= 15 is 0 Å². The number of hydrogen-bond acceptors (Lipinski definition) is 5. The third-order valence-electron chi connectivity index (χ3n) is 4.91. The molecule has 0 spiro atoms. The summed E-state index contributed by atoms with van der Waals surface area (Å²) < 4.78 is 7.22. The predicted octanol–water partition coefficient (Wildman–Crippen LogP) is 3.75. The van der Waals surface area contributed by atoms with Crippen molar-refractivity contribution in [1.82, 2.24) is 19.8 Å². The summed E-state index contributed by atoms with van der Waals surface area (Å²) in [5.41, 5.74) is 2.89. The van der Waals surface area contributed by atoms with Crippen LogP contribution in [0.25, 0.3) is 0 Å². The first kappa shape index (κ1) is 21.9. The van der Waals surface area contributed by atoms with E-state index in [1.165, 1.54) is 0 Å². The van der Waals surface area contributed by atoms with Gasteiger partial charge in [0.2, 0.25) is 0 Å². The number of aryl methyl sites for hydroxylation is 1. The Kier molecular flexibility index (Phi) is 7.54. The molecule has 1 aromatic heterocycles. The zero-order valence-corrected chi connectivity index (χ0v) is 18.6. The highest BCUT2D eigenvalue weighted by Crippen LogP contribution is 2.22. The number of hydrogen-bond donors (Lipinski definition) is 1. The normalized spacial score (nSPS) is 12.0. The minimum Gasteiger partial charge on any atom is -0.497 e. The van der Waals surface area contributed by atoms with Crippen molar-refractivity contribution in [3.05, 3.63) is 77.6 Å². The van der Waals surface area contributed by atoms with Gasteiger partial charge < -0.3 is 19.5 Å². The number of imidazole rings is 1. The molecule has 0 saturated heterocycles. The molecule has 0 aliphatic heterocycles. The lowest BCUT2D eigenvalue weighted by Gasteiger charge is -2.25. The number of likely N-dealkylation sites (N-methyl/N-ethyl adjacent to an activating group) is 1. The highest BCUT2D eigenvalue weighted by molar-refractivity contribution is 7.98. The molecule has 3 aromatic rings. The number of carbonyl (C=O) groups excluding carboxylic acids is 1. The second-order valence-electron chi connectivity index (χ2n) is 7.27. The van der Waals surface area contributed by atoms with Crippen molar-refractivity contribution in [1.29, 1.82) is 0 Å². The van der Waals surface area contributed by atoms with Gasteiger partial charge in [0.25, 0.3) is 5.91 Å². The summed E-state index contributed by atoms with van der Waals surface area (Å²) in [5, 5.41) is 4.03. The number of carbonyl (C=O) groups is 1. The summed E-state index contributed by atoms with van der Waals surface area (Å²) in [4.78, 5) is 19.2. The van der Waals surface area contributed by atoms with Gasteiger partial charge in [-0.15, -0.1) is 0 Å². The number of rotatable bonds is 9. The van der Waals surface area contributed by atoms with Gasteiger partial charge in [0.1, 0.15) is 5.75 Å². The van der Waals surface area contributed by atoms with Gasteiger partial charge in [0, 0.05) is 37.3 Å². The largest absolute Gasteiger partial charge is 0.497 e. The summed E-state index contributed by atoms with van der Waals surface area (Å²) in [6.45, 7) is 0.518. The minimum absolute atomic E-state index is 0.0702. The number of ether oxygens (including phenoxy) is 1. The van der Waals surface area contributed by atoms with Gasteiger partial charge in [-0.05, 0) is 49.5 Å². The topological polar surface area (TPSA) is 59.4 Å². The lowest BCUT2D eigenvalue weighted by Crippen LogP contribution is -2.34. The molecule has 0 fully saturated rings. The van der Waals surface area contributed by atoms with Crippen molar-refractivity contribution >= 4 is 17.7 Å². The number of methoxy groups -OCH3 is 1. The Hall–Kier alpha value is -2.77. The Morgan fingerprint density at radius 3 is 2.63 bits per heavy atom. The number of benzene rings is 2. The zero-order valence-electron chi connectivity index (χ0n) is 17.8. The Morgan fingerprint density at radius 2 is 2.00 bits per heavy atom. The van der Waals surface area contributed by atoms with Crippen molar-refractivity contribution in [3.63, 3.8) is 0 Å². The van der Waals surface area contributed by atoms with Crippen molar-refractivity contribution < 1.29 is 9.53 Å². The van der Waals surface area contributed by atoms with Gasteiger partial charge in [-0.3, -0.25) is 4.79 Å². The fourth-order valence-corrected chi connectivity index (χ4v) is 4.03. The van der Waals surface area contributed by atoms with E-state index in [4.69, 9.17) is 4.74 Å². The zero-order chi connectivity index (χ0) is 21.5. The van der Waals surface area contributed by atoms with E-state index in [1.807, 2.05) is 80.4 Å². The molecule has 0 radical (unpaired) electrons. The van der Waals surface area contributed by atoms with Gasteiger partial charge >= 0.3 is 0 Å². The molecule has 1 atom stereocenters. The van der Waals surface area contributed by atoms with Crippen LogP contribution in [0.2, 0.25) is 0 Å². The van der Waals surface area contributed by atoms with Crippen molar-refractivity contribution in [3.8, 4) is 5.75 Å². The first-order valence-corrected chi connectivity index (χ1v) is 10.7. The highest BCUT2D eigenvalue weighted by Gasteiger charge is 2.16. The molecular weight excluding hydrogens is 396 g/mol. The van der Waals surface area contributed by atoms with E-state index < -0.39 is 0 Å². The van der Waals surface area contributed by atoms with Gasteiger partial charge in [-0.2, -0.15) is 0 Å². The van der Waals surface area contributed by atoms with E-state index in [-0.39, 0.29) is 11.9 Å². The first-order chi connectivity index (χ1) is 14.5. The van der Waals surface area contributed by atoms with Crippen molar-refractivity contribution in [2.45, 2.75) is 17.0 Å². The van der Waals surface area contributed by atoms with Crippen LogP contribution in [0.15, 0.2) is 66.1 Å². The maximum Gasteiger partial charge on any atom is 0.251 e. The smallest absolute Gasteiger partial charge is 0.251 e. The molecule has 2 aromatic carbocycles. The van der Waals surface area contributed by atoms with E-state index in [1.54, 1.807) is 25.1 Å². The molecule has 0 saturated carbocycles. The molecule has 158 valence electrons. The number of nitrogens with zero attached hydrogens (tertiary/aromatic N) is 3. The number of thioether (sulfide) groups is 1. The van der Waals surface area contributed by atoms with Crippen LogP contribution < -0.4 is 10.1 Å². The molecule has 1 heterocycles. The van der Waals surface area contributed by atoms with Gasteiger partial charge in [0.05, 0.1) is 13.2 Å². The van der Waals surface area contributed by atoms with E-state index in [0.29, 0.717) is 12.1 Å². The first-order valence-electron chi connectivity index (χ1n) is 9.75. The van der Waals surface area contributed by atoms with Crippen LogP contribution >= 0.6 is 11.8 Å². The summed E-state index contributed by atoms with van der Waals surface area (Å²) >= 11 is 1.65. The molecule has 3 rings (SSSR count). The second kappa shape index (κ2) is 10.3. The molecule has 6 nitrogen and oxygen atoms in total. The molecule has 1 unspecified atom stereocenters. The van der Waals surface area contributed by atoms with E-state index in [0.717, 1.165) is 27.8 Å². The summed E-state index contributed by atoms with van der Waals surface area (Å²) in [5.74, 6) is 1.51. The van der Waals surface area contributed by atoms with Gasteiger partial charge in [-0.25, -0.2) is 4.98 Å². The van der Waals surface area contributed by atoms with E-state index in [2.05, 4.69) is 15.2 Å². The van der Waals surface area contributed by atoms with Gasteiger partial charge in [-0.1, -0.05) is 36.0 Å². The molecule has 1 N–H and O–H groups in total. The fraction of sp³-hybridized carbons (Fsp3) is 0.304. The average Bonchev–Trinajstić information content (AvgIpc) is 3.17. The van der Waals surface area contributed by atoms with Crippen LogP contribution in [0.4, 0.5) is 0 Å². The molecule has 0 aliphatic rings. The Morgan fingerprint density at radius 1 is 1.23 bits per heavy atom. The standard InChI is InChI=1S/C23H28N4O2S/c1-26(2)21(18-8-10-20(29-4)11-9-18)15-25-22(28)19-7-5-6-17(14-19)16-30-23-24-12-13-27(23)3/h5-14,21H,15-16H2,1-4H3,(H,25,28). The maximum absolute atomic E-state index is 12.8. The third-order valence-corrected chi connectivity index (χ3v) is 6.04. The molecule has 0 bridgehead atoms. The minimum atomic E-state index is -0.0702. The fourth-order valence-electron chi connectivity index (χ4n) is 3.16. The maximum atomic E-state index is 12.8. The summed E-state index contributed by atoms with van der Waals surface area (Å²) in [6, 6.07) is 15.8. The van der Waals surface area contributed by atoms with Crippen molar-refractivity contribution in [2.75, 3.05) is 27.7 Å². The lowest BCUT2D eigenvalue weighted by molar-refractivity contribution is 0.0942. The van der Waals surface area contributed by atoms with Crippen LogP contribution in [0, 0.1) is 0 Å². The predicted molar refractivity (Wildman–Crippen MR) is 121 cm³/mol. The summed E-state index contributed by atoms with van der Waals surface area (Å²) in [7, 11) is 7.65. The molecule has 1 amide bonds. The molecule has 0 aliphatic carbocycles. The van der Waals surface area contributed by atoms with Crippen molar-refractivity contribution in [2.24, 2.45) is 7.05 Å². The van der Waals surface area contributed by atoms with E-state index in [9.17, 15) is 4.79 Å². The second-order valence-corrected chi connectivity index (χ2v) is 8.21. The van der Waals surface area contributed by atoms with Gasteiger partial charge in [0.15, 0.2) is 5.16 Å². The number of nitrogens with one attached hydrogen (secondary N) is 1. The SMILES string of the molecule is COc1ccc(C(CNC(=O)c2cccc(CSc3nccn3C)c2)N(C)C)cc1. The quantitative estimate of drug-likeness (QED) is 0.530. The molecule has 7 heteroatoms. The van der Waals surface area contributed by atoms with Crippen LogP contribution in [-0.4, -0.2) is 48.1 Å². The Labute approximate surface area is 182 Å². The lowest BCUT2D eigenvalue weighted by atomic mass is 10.1. The Bertz CT molecular complexity index is 969. The van der Waals surface area contributed by atoms with Crippen LogP contribution in [-0.2, 0) is 12.8 Å². The number of amides is 1. The number of aromatic nitrogens is 2. The monoisotopic (exact) mass is 424 g/mol. The highest BCUT2D eigenvalue weighted by atomic mass is 32.2. The van der Waals surface area contributed by atoms with Crippen LogP contribution in [0.5, 0.6) is 5.75 Å². The average molecular weight is 425 g/mol. The third kappa shape index (κ3) is 5.64. The molecule has 30 heavy (non-hydrogen) atoms. The molecular formula is C23H28N4O2S. The Balaban J connectivity index is 1.62.